The van der Waals surface area contributed by atoms with Crippen LogP contribution in [0.5, 0.6) is 0 Å². The van der Waals surface area contributed by atoms with Gasteiger partial charge in [0.2, 0.25) is 0 Å². The summed E-state index contributed by atoms with van der Waals surface area (Å²) in [4.78, 5) is 13.1. The molecule has 0 radical (unpaired) electrons. The molecule has 0 fully saturated rings. The maximum Gasteiger partial charge on any atom is 0.319 e. The van der Waals surface area contributed by atoms with Crippen LogP contribution in [0, 0.1) is 0 Å². The highest BCUT2D eigenvalue weighted by molar-refractivity contribution is 6.25. The first kappa shape index (κ1) is 13.5. The van der Waals surface area contributed by atoms with Gasteiger partial charge in [-0.2, -0.15) is 0 Å². The van der Waals surface area contributed by atoms with E-state index in [1.807, 2.05) is 25.7 Å². The average Bonchev–Trinajstić information content (AvgIpc) is 2.16. The number of hydrogen-bond acceptors (Lipinski definition) is 3. The molecule has 0 spiro atoms. The van der Waals surface area contributed by atoms with E-state index in [-0.39, 0.29) is 5.97 Å². The molecule has 3 nitrogen and oxygen atoms in total. The molecule has 0 bridgehead atoms. The van der Waals surface area contributed by atoms with Gasteiger partial charge in [0.25, 0.3) is 0 Å². The molecular weight excluding hydrogens is 202 g/mol. The molecule has 0 aromatic carbocycles. The van der Waals surface area contributed by atoms with E-state index in [1.165, 1.54) is 12.6 Å². The summed E-state index contributed by atoms with van der Waals surface area (Å²) < 4.78 is 4.61. The second-order valence-corrected chi connectivity index (χ2v) is 3.75. The zero-order chi connectivity index (χ0) is 11.1. The van der Waals surface area contributed by atoms with Crippen molar-refractivity contribution >= 4 is 17.6 Å². The first-order valence-corrected chi connectivity index (χ1v) is 5.01. The Morgan fingerprint density at radius 2 is 2.07 bits per heavy atom. The minimum Gasteiger partial charge on any atom is -0.468 e. The van der Waals surface area contributed by atoms with Crippen LogP contribution < -0.4 is 0 Å². The molecule has 82 valence electrons. The van der Waals surface area contributed by atoms with Crippen LogP contribution in [0.25, 0.3) is 0 Å². The minimum atomic E-state index is -0.221. The number of ether oxygens (including phenoxy) is 1. The van der Waals surface area contributed by atoms with E-state index in [4.69, 9.17) is 11.6 Å². The van der Waals surface area contributed by atoms with Gasteiger partial charge in [-0.1, -0.05) is 11.6 Å². The molecule has 0 aliphatic rings. The lowest BCUT2D eigenvalue weighted by Gasteiger charge is -2.25. The van der Waals surface area contributed by atoms with Crippen molar-refractivity contribution in [3.63, 3.8) is 0 Å². The molecule has 0 N–H and O–H groups in total. The highest BCUT2D eigenvalue weighted by Crippen LogP contribution is 2.04. The van der Waals surface area contributed by atoms with Crippen molar-refractivity contribution in [1.29, 1.82) is 0 Å². The fraction of sp³-hybridized carbons (Fsp3) is 0.700. The summed E-state index contributed by atoms with van der Waals surface area (Å²) in [6.45, 7) is 6.99. The van der Waals surface area contributed by atoms with Crippen molar-refractivity contribution in [2.24, 2.45) is 0 Å². The molecular formula is C10H18ClNO2. The van der Waals surface area contributed by atoms with Gasteiger partial charge in [-0.05, 0) is 26.3 Å². The Labute approximate surface area is 90.7 Å². The van der Waals surface area contributed by atoms with Crippen LogP contribution in [-0.4, -0.2) is 37.1 Å². The summed E-state index contributed by atoms with van der Waals surface area (Å²) in [6, 6.07) is 0.292. The molecule has 0 aromatic heterocycles. The van der Waals surface area contributed by atoms with Crippen molar-refractivity contribution in [3.8, 4) is 0 Å². The predicted octanol–water partition coefficient (Wildman–Crippen LogP) is 2.01. The number of esters is 1. The summed E-state index contributed by atoms with van der Waals surface area (Å²) in [5.41, 5.74) is 2.57. The lowest BCUT2D eigenvalue weighted by atomic mass is 10.2. The maximum absolute atomic E-state index is 11.1. The van der Waals surface area contributed by atoms with Crippen LogP contribution >= 0.6 is 11.6 Å². The zero-order valence-electron chi connectivity index (χ0n) is 9.21. The van der Waals surface area contributed by atoms with E-state index >= 15 is 0 Å². The Kier molecular flexibility index (Phi) is 6.58. The first-order valence-electron chi connectivity index (χ1n) is 4.58. The monoisotopic (exact) mass is 219 g/mol. The summed E-state index contributed by atoms with van der Waals surface area (Å²) in [6.07, 6.45) is 0. The lowest BCUT2D eigenvalue weighted by molar-refractivity contribution is -0.142. The van der Waals surface area contributed by atoms with E-state index < -0.39 is 0 Å². The average molecular weight is 220 g/mol. The van der Waals surface area contributed by atoms with Gasteiger partial charge < -0.3 is 4.74 Å². The predicted molar refractivity (Wildman–Crippen MR) is 58.3 cm³/mol. The van der Waals surface area contributed by atoms with Gasteiger partial charge in [0.05, 0.1) is 13.7 Å². The van der Waals surface area contributed by atoms with Crippen LogP contribution in [0.3, 0.4) is 0 Å². The number of rotatable bonds is 5. The SMILES string of the molecule is COC(=O)CN(CC(C)=CCl)C(C)C. The number of methoxy groups -OCH3 is 1. The van der Waals surface area contributed by atoms with Gasteiger partial charge in [0.15, 0.2) is 0 Å². The van der Waals surface area contributed by atoms with E-state index in [9.17, 15) is 4.79 Å². The summed E-state index contributed by atoms with van der Waals surface area (Å²) >= 11 is 5.57. The van der Waals surface area contributed by atoms with Gasteiger partial charge in [0.1, 0.15) is 0 Å². The quantitative estimate of drug-likeness (QED) is 0.663. The van der Waals surface area contributed by atoms with E-state index in [1.54, 1.807) is 0 Å². The van der Waals surface area contributed by atoms with Gasteiger partial charge in [-0.25, -0.2) is 0 Å². The normalized spacial score (nSPS) is 12.4. The molecule has 14 heavy (non-hydrogen) atoms. The highest BCUT2D eigenvalue weighted by atomic mass is 35.5. The first-order chi connectivity index (χ1) is 6.51. The Morgan fingerprint density at radius 3 is 2.43 bits per heavy atom. The largest absolute Gasteiger partial charge is 0.468 e. The van der Waals surface area contributed by atoms with E-state index in [0.29, 0.717) is 19.1 Å². The van der Waals surface area contributed by atoms with Crippen LogP contribution in [0.15, 0.2) is 11.1 Å². The molecule has 0 saturated carbocycles. The standard InChI is InChI=1S/C10H18ClNO2/c1-8(2)12(6-9(3)5-11)7-10(13)14-4/h5,8H,6-7H2,1-4H3. The molecule has 0 amide bonds. The molecule has 0 atom stereocenters. The molecule has 0 heterocycles. The van der Waals surface area contributed by atoms with Gasteiger partial charge >= 0.3 is 5.97 Å². The Morgan fingerprint density at radius 1 is 1.50 bits per heavy atom. The van der Waals surface area contributed by atoms with Crippen molar-refractivity contribution < 1.29 is 9.53 Å². The molecule has 0 aliphatic carbocycles. The topological polar surface area (TPSA) is 29.5 Å². The van der Waals surface area contributed by atoms with Crippen LogP contribution in [0.1, 0.15) is 20.8 Å². The van der Waals surface area contributed by atoms with Crippen molar-refractivity contribution in [1.82, 2.24) is 4.90 Å². The Balaban J connectivity index is 4.23. The zero-order valence-corrected chi connectivity index (χ0v) is 9.97. The number of carbonyl (C=O) groups is 1. The summed E-state index contributed by atoms with van der Waals surface area (Å²) in [5.74, 6) is -0.221. The number of nitrogens with zero attached hydrogens (tertiary/aromatic N) is 1. The van der Waals surface area contributed by atoms with Crippen molar-refractivity contribution in [2.45, 2.75) is 26.8 Å². The smallest absolute Gasteiger partial charge is 0.319 e. The van der Waals surface area contributed by atoms with E-state index in [2.05, 4.69) is 4.74 Å². The summed E-state index contributed by atoms with van der Waals surface area (Å²) in [5, 5.41) is 0. The van der Waals surface area contributed by atoms with Crippen LogP contribution in [0.2, 0.25) is 0 Å². The van der Waals surface area contributed by atoms with E-state index in [0.717, 1.165) is 5.57 Å². The highest BCUT2D eigenvalue weighted by Gasteiger charge is 2.14. The van der Waals surface area contributed by atoms with Crippen LogP contribution in [0.4, 0.5) is 0 Å². The minimum absolute atomic E-state index is 0.221. The fourth-order valence-electron chi connectivity index (χ4n) is 1.01. The molecule has 0 aromatic rings. The Hall–Kier alpha value is -0.540. The van der Waals surface area contributed by atoms with Crippen molar-refractivity contribution in [3.05, 3.63) is 11.1 Å². The molecule has 4 heteroatoms. The number of halogens is 1. The van der Waals surface area contributed by atoms with Gasteiger partial charge in [-0.15, -0.1) is 0 Å². The molecule has 0 saturated heterocycles. The lowest BCUT2D eigenvalue weighted by Crippen LogP contribution is -2.37. The third-order valence-electron chi connectivity index (χ3n) is 1.93. The second-order valence-electron chi connectivity index (χ2n) is 3.53. The summed E-state index contributed by atoms with van der Waals surface area (Å²) in [7, 11) is 1.39. The van der Waals surface area contributed by atoms with Crippen molar-refractivity contribution in [2.75, 3.05) is 20.2 Å². The second kappa shape index (κ2) is 6.85. The molecule has 0 unspecified atom stereocenters. The number of hydrogen-bond donors (Lipinski definition) is 0. The molecule has 0 rings (SSSR count). The van der Waals surface area contributed by atoms with Crippen LogP contribution in [-0.2, 0) is 9.53 Å². The number of carbonyl (C=O) groups excluding carboxylic acids is 1. The molecule has 0 aliphatic heterocycles. The van der Waals surface area contributed by atoms with Gasteiger partial charge in [-0.3, -0.25) is 9.69 Å². The third kappa shape index (κ3) is 5.25. The fourth-order valence-corrected chi connectivity index (χ4v) is 1.08. The Bertz CT molecular complexity index is 214. The third-order valence-corrected chi connectivity index (χ3v) is 2.30. The van der Waals surface area contributed by atoms with Gasteiger partial charge in [0, 0.05) is 18.1 Å². The maximum atomic E-state index is 11.1.